The lowest BCUT2D eigenvalue weighted by atomic mass is 9.83. The van der Waals surface area contributed by atoms with Gasteiger partial charge in [0.25, 0.3) is 11.8 Å². The number of anilines is 2. The van der Waals surface area contributed by atoms with Crippen LogP contribution in [0.4, 0.5) is 37.7 Å². The number of hydrogen-bond acceptors (Lipinski definition) is 10. The highest BCUT2D eigenvalue weighted by molar-refractivity contribution is 6.08. The number of methoxy groups -OCH3 is 2. The van der Waals surface area contributed by atoms with Gasteiger partial charge in [-0.2, -0.15) is 26.3 Å². The number of aliphatic imine (C=N–C) groups is 2. The average molecular weight is 737 g/mol. The zero-order valence-corrected chi connectivity index (χ0v) is 28.6. The molecule has 5 heterocycles. The van der Waals surface area contributed by atoms with Crippen molar-refractivity contribution in [3.05, 3.63) is 59.0 Å². The summed E-state index contributed by atoms with van der Waals surface area (Å²) in [6.07, 6.45) is -4.05. The first kappa shape index (κ1) is 35.9. The number of halogens is 6. The third-order valence-corrected chi connectivity index (χ3v) is 9.88. The standard InChI is InChI=1S/C23H27F3N2O4.C13H11F3N2O2/c1-29-21-20-19(17-14-16(23(24,25)26)2-3-18(17)32-20)28(11-9-27-21)10-6-15-4-7-22(8-5-15)30-12-13-31-22;1-19-12-11-10(17-4-5-18-12)8-6-7(13(14,15)16)2-3-9(8)20-11/h2-3,14-15H,4-13H2,1H3;2-3,6,17H,4-5H2,1H3. The molecular weight excluding hydrogens is 698 g/mol. The molecule has 52 heavy (non-hydrogen) atoms. The number of rotatable bonds is 3. The van der Waals surface area contributed by atoms with E-state index in [0.717, 1.165) is 50.3 Å². The molecule has 280 valence electrons. The van der Waals surface area contributed by atoms with Crippen LogP contribution in [0.25, 0.3) is 21.9 Å². The first-order chi connectivity index (χ1) is 24.9. The van der Waals surface area contributed by atoms with Crippen LogP contribution < -0.4 is 10.2 Å². The predicted octanol–water partition coefficient (Wildman–Crippen LogP) is 8.26. The third-order valence-electron chi connectivity index (χ3n) is 9.88. The molecule has 10 nitrogen and oxygen atoms in total. The molecule has 2 aromatic carbocycles. The molecule has 1 saturated heterocycles. The molecule has 1 N–H and O–H groups in total. The largest absolute Gasteiger partial charge is 0.479 e. The Morgan fingerprint density at radius 1 is 0.808 bits per heavy atom. The zero-order chi connectivity index (χ0) is 36.7. The molecule has 4 aromatic rings. The Labute approximate surface area is 294 Å². The molecule has 1 aliphatic carbocycles. The molecule has 2 fully saturated rings. The first-order valence-electron chi connectivity index (χ1n) is 17.1. The third kappa shape index (κ3) is 7.14. The second-order valence-corrected chi connectivity index (χ2v) is 13.0. The summed E-state index contributed by atoms with van der Waals surface area (Å²) in [4.78, 5) is 10.7. The van der Waals surface area contributed by atoms with E-state index in [4.69, 9.17) is 27.8 Å². The van der Waals surface area contributed by atoms with E-state index in [1.54, 1.807) is 0 Å². The minimum Gasteiger partial charge on any atom is -0.479 e. The first-order valence-corrected chi connectivity index (χ1v) is 17.1. The SMILES string of the molecule is COC1=NCCN(CCC2CCC3(CC2)OCCO3)c2c1oc1ccc(C(F)(F)F)cc21.COC1=NCCNc2c1oc1ccc(C(F)(F)F)cc21. The Balaban J connectivity index is 0.000000180. The fraction of sp³-hybridized carbons (Fsp3) is 0.500. The number of alkyl halides is 6. The molecule has 3 aliphatic heterocycles. The highest BCUT2D eigenvalue weighted by atomic mass is 19.4. The van der Waals surface area contributed by atoms with Crippen molar-refractivity contribution in [1.29, 1.82) is 0 Å². The number of fused-ring (bicyclic) bond motifs is 6. The predicted molar refractivity (Wildman–Crippen MR) is 181 cm³/mol. The van der Waals surface area contributed by atoms with E-state index in [1.807, 2.05) is 0 Å². The number of hydrogen-bond donors (Lipinski definition) is 1. The van der Waals surface area contributed by atoms with Gasteiger partial charge in [-0.05, 0) is 61.6 Å². The highest BCUT2D eigenvalue weighted by Crippen LogP contribution is 2.43. The van der Waals surface area contributed by atoms with Gasteiger partial charge < -0.3 is 38.0 Å². The van der Waals surface area contributed by atoms with Gasteiger partial charge >= 0.3 is 12.4 Å². The van der Waals surface area contributed by atoms with E-state index < -0.39 is 23.5 Å². The number of nitrogens with one attached hydrogen (secondary N) is 1. The monoisotopic (exact) mass is 736 g/mol. The molecule has 16 heteroatoms. The smallest absolute Gasteiger partial charge is 0.416 e. The van der Waals surface area contributed by atoms with E-state index in [9.17, 15) is 26.3 Å². The van der Waals surface area contributed by atoms with Crippen molar-refractivity contribution in [2.24, 2.45) is 15.9 Å². The molecule has 8 rings (SSSR count). The molecule has 0 radical (unpaired) electrons. The number of benzene rings is 2. The molecule has 1 spiro atoms. The summed E-state index contributed by atoms with van der Waals surface area (Å²) >= 11 is 0. The summed E-state index contributed by atoms with van der Waals surface area (Å²) in [5.74, 6) is 1.47. The minimum atomic E-state index is -4.42. The Morgan fingerprint density at radius 2 is 1.38 bits per heavy atom. The Kier molecular flexibility index (Phi) is 9.80. The van der Waals surface area contributed by atoms with Crippen LogP contribution in [0.15, 0.2) is 55.2 Å². The quantitative estimate of drug-likeness (QED) is 0.210. The molecule has 0 unspecified atom stereocenters. The van der Waals surface area contributed by atoms with Crippen molar-refractivity contribution in [1.82, 2.24) is 0 Å². The van der Waals surface area contributed by atoms with Crippen LogP contribution in [0, 0.1) is 5.92 Å². The van der Waals surface area contributed by atoms with Crippen molar-refractivity contribution in [2.75, 3.05) is 70.4 Å². The van der Waals surface area contributed by atoms with Crippen LogP contribution >= 0.6 is 0 Å². The summed E-state index contributed by atoms with van der Waals surface area (Å²) in [7, 11) is 2.94. The Bertz CT molecular complexity index is 1970. The molecule has 4 aliphatic rings. The van der Waals surface area contributed by atoms with Gasteiger partial charge in [0.2, 0.25) is 11.5 Å². The maximum atomic E-state index is 13.4. The van der Waals surface area contributed by atoms with Crippen LogP contribution in [0.2, 0.25) is 0 Å². The fourth-order valence-electron chi connectivity index (χ4n) is 7.25. The normalized spacial score (nSPS) is 19.2. The topological polar surface area (TPSA) is 103 Å². The summed E-state index contributed by atoms with van der Waals surface area (Å²) in [6, 6.07) is 6.97. The average Bonchev–Trinajstić information content (AvgIpc) is 3.76. The van der Waals surface area contributed by atoms with Gasteiger partial charge in [-0.3, -0.25) is 0 Å². The van der Waals surface area contributed by atoms with Gasteiger partial charge in [-0.1, -0.05) is 0 Å². The number of furan rings is 2. The van der Waals surface area contributed by atoms with Crippen molar-refractivity contribution in [3.8, 4) is 0 Å². The van der Waals surface area contributed by atoms with Gasteiger partial charge in [0.05, 0.1) is 63.0 Å². The number of ether oxygens (including phenoxy) is 4. The molecular formula is C36H38F6N4O6. The molecule has 1 saturated carbocycles. The van der Waals surface area contributed by atoms with E-state index >= 15 is 0 Å². The Morgan fingerprint density at radius 3 is 2.02 bits per heavy atom. The summed E-state index contributed by atoms with van der Waals surface area (Å²) in [6.45, 7) is 4.09. The van der Waals surface area contributed by atoms with Gasteiger partial charge in [0.1, 0.15) is 11.2 Å². The van der Waals surface area contributed by atoms with Crippen molar-refractivity contribution in [3.63, 3.8) is 0 Å². The maximum absolute atomic E-state index is 13.4. The van der Waals surface area contributed by atoms with E-state index in [2.05, 4.69) is 20.2 Å². The lowest BCUT2D eigenvalue weighted by molar-refractivity contribution is -0.182. The van der Waals surface area contributed by atoms with Crippen molar-refractivity contribution < 1.29 is 54.1 Å². The molecule has 2 aromatic heterocycles. The summed E-state index contributed by atoms with van der Waals surface area (Å²) in [5.41, 5.74) is 0.485. The number of nitrogens with zero attached hydrogens (tertiary/aromatic N) is 3. The van der Waals surface area contributed by atoms with Gasteiger partial charge in [0, 0.05) is 43.2 Å². The lowest BCUT2D eigenvalue weighted by Crippen LogP contribution is -2.36. The van der Waals surface area contributed by atoms with Crippen LogP contribution in [-0.4, -0.2) is 77.7 Å². The highest BCUT2D eigenvalue weighted by Gasteiger charge is 2.40. The lowest BCUT2D eigenvalue weighted by Gasteiger charge is -2.36. The summed E-state index contributed by atoms with van der Waals surface area (Å²) in [5, 5.41) is 3.85. The van der Waals surface area contributed by atoms with Crippen LogP contribution in [0.1, 0.15) is 54.8 Å². The van der Waals surface area contributed by atoms with Gasteiger partial charge in [-0.25, -0.2) is 9.98 Å². The molecule has 0 bridgehead atoms. The minimum absolute atomic E-state index is 0.287. The van der Waals surface area contributed by atoms with Gasteiger partial charge in [-0.15, -0.1) is 0 Å². The zero-order valence-electron chi connectivity index (χ0n) is 28.6. The second-order valence-electron chi connectivity index (χ2n) is 13.0. The van der Waals surface area contributed by atoms with Crippen molar-refractivity contribution >= 4 is 45.1 Å². The summed E-state index contributed by atoms with van der Waals surface area (Å²) < 4.78 is 112. The van der Waals surface area contributed by atoms with Crippen LogP contribution in [0.3, 0.4) is 0 Å². The molecule has 0 atom stereocenters. The maximum Gasteiger partial charge on any atom is 0.416 e. The van der Waals surface area contributed by atoms with E-state index in [-0.39, 0.29) is 11.7 Å². The fourth-order valence-corrected chi connectivity index (χ4v) is 7.25. The van der Waals surface area contributed by atoms with Crippen LogP contribution in [0.5, 0.6) is 0 Å². The van der Waals surface area contributed by atoms with Crippen molar-refractivity contribution in [2.45, 2.75) is 50.2 Å². The van der Waals surface area contributed by atoms with Crippen LogP contribution in [-0.2, 0) is 31.3 Å². The van der Waals surface area contributed by atoms with Gasteiger partial charge in [0.15, 0.2) is 5.79 Å². The van der Waals surface area contributed by atoms with E-state index in [0.29, 0.717) is 103 Å². The van der Waals surface area contributed by atoms with E-state index in [1.165, 1.54) is 32.4 Å². The Hall–Kier alpha value is -4.44. The molecule has 0 amide bonds. The second kappa shape index (κ2) is 14.2.